The number of rotatable bonds is 4. The van der Waals surface area contributed by atoms with Crippen LogP contribution in [0.2, 0.25) is 0 Å². The predicted octanol–water partition coefficient (Wildman–Crippen LogP) is 2.95. The minimum absolute atomic E-state index is 0.149. The average molecular weight is 268 g/mol. The van der Waals surface area contributed by atoms with Crippen molar-refractivity contribution in [1.82, 2.24) is 0 Å². The van der Waals surface area contributed by atoms with Gasteiger partial charge in [-0.15, -0.1) is 0 Å². The van der Waals surface area contributed by atoms with Crippen LogP contribution in [0.25, 0.3) is 0 Å². The Morgan fingerprint density at radius 1 is 1.32 bits per heavy atom. The predicted molar refractivity (Wildman–Crippen MR) is 70.6 cm³/mol. The van der Waals surface area contributed by atoms with Crippen molar-refractivity contribution >= 4 is 0 Å². The summed E-state index contributed by atoms with van der Waals surface area (Å²) in [4.78, 5) is 0. The first-order chi connectivity index (χ1) is 9.00. The lowest BCUT2D eigenvalue weighted by Crippen LogP contribution is -2.38. The molecule has 4 heteroatoms. The second-order valence-electron chi connectivity index (χ2n) is 5.43. The third kappa shape index (κ3) is 3.67. The second-order valence-corrected chi connectivity index (χ2v) is 5.43. The van der Waals surface area contributed by atoms with Crippen LogP contribution in [-0.2, 0) is 0 Å². The lowest BCUT2D eigenvalue weighted by Gasteiger charge is -2.32. The van der Waals surface area contributed by atoms with E-state index >= 15 is 0 Å². The van der Waals surface area contributed by atoms with Gasteiger partial charge >= 0.3 is 0 Å². The molecule has 106 valence electrons. The number of hydrogen-bond donors (Lipinski definition) is 2. The van der Waals surface area contributed by atoms with Gasteiger partial charge in [-0.1, -0.05) is 19.3 Å². The molecule has 1 atom stereocenters. The van der Waals surface area contributed by atoms with E-state index < -0.39 is 17.5 Å². The van der Waals surface area contributed by atoms with Crippen molar-refractivity contribution in [3.05, 3.63) is 29.6 Å². The zero-order chi connectivity index (χ0) is 13.9. The summed E-state index contributed by atoms with van der Waals surface area (Å²) in [6.45, 7) is 1.76. The van der Waals surface area contributed by atoms with Gasteiger partial charge < -0.3 is 14.9 Å². The maximum atomic E-state index is 13.2. The summed E-state index contributed by atoms with van der Waals surface area (Å²) in [6, 6.07) is 4.07. The number of aliphatic hydroxyl groups excluding tert-OH is 1. The largest absolute Gasteiger partial charge is 0.490 e. The standard InChI is InChI=1S/C15H21FO3/c1-11(17)13-6-5-12(16)9-14(13)19-10-15(18)7-3-2-4-8-15/h5-6,9,11,17-18H,2-4,7-8,10H2,1H3/t11-/m1/s1. The third-order valence-corrected chi connectivity index (χ3v) is 3.71. The van der Waals surface area contributed by atoms with E-state index in [0.717, 1.165) is 19.3 Å². The summed E-state index contributed by atoms with van der Waals surface area (Å²) < 4.78 is 18.8. The Hall–Kier alpha value is -1.13. The Kier molecular flexibility index (Phi) is 4.42. The van der Waals surface area contributed by atoms with Crippen molar-refractivity contribution < 1.29 is 19.3 Å². The van der Waals surface area contributed by atoms with E-state index in [1.165, 1.54) is 18.2 Å². The molecule has 1 saturated carbocycles. The summed E-state index contributed by atoms with van der Waals surface area (Å²) in [6.07, 6.45) is 3.83. The molecule has 2 N–H and O–H groups in total. The van der Waals surface area contributed by atoms with Gasteiger partial charge in [0.25, 0.3) is 0 Å². The first-order valence-electron chi connectivity index (χ1n) is 6.83. The molecule has 0 radical (unpaired) electrons. The number of hydrogen-bond acceptors (Lipinski definition) is 3. The normalized spacial score (nSPS) is 20.0. The van der Waals surface area contributed by atoms with Crippen molar-refractivity contribution in [2.75, 3.05) is 6.61 Å². The number of aliphatic hydroxyl groups is 2. The molecule has 0 spiro atoms. The van der Waals surface area contributed by atoms with Gasteiger partial charge in [-0.05, 0) is 31.9 Å². The Bertz CT molecular complexity index is 425. The molecule has 0 aromatic heterocycles. The molecule has 1 fully saturated rings. The quantitative estimate of drug-likeness (QED) is 0.882. The smallest absolute Gasteiger partial charge is 0.128 e. The SMILES string of the molecule is C[C@@H](O)c1ccc(F)cc1OCC1(O)CCCCC1. The van der Waals surface area contributed by atoms with Gasteiger partial charge in [-0.25, -0.2) is 4.39 Å². The van der Waals surface area contributed by atoms with Gasteiger partial charge in [0.1, 0.15) is 18.2 Å². The number of ether oxygens (including phenoxy) is 1. The zero-order valence-electron chi connectivity index (χ0n) is 11.2. The fourth-order valence-corrected chi connectivity index (χ4v) is 2.54. The molecule has 1 aromatic carbocycles. The van der Waals surface area contributed by atoms with Gasteiger partial charge in [0.2, 0.25) is 0 Å². The van der Waals surface area contributed by atoms with Gasteiger partial charge in [-0.2, -0.15) is 0 Å². The van der Waals surface area contributed by atoms with Crippen LogP contribution in [0.15, 0.2) is 18.2 Å². The Labute approximate surface area is 113 Å². The van der Waals surface area contributed by atoms with E-state index in [2.05, 4.69) is 0 Å². The van der Waals surface area contributed by atoms with Crippen LogP contribution in [0.4, 0.5) is 4.39 Å². The van der Waals surface area contributed by atoms with Crippen LogP contribution in [0.3, 0.4) is 0 Å². The molecule has 3 nitrogen and oxygen atoms in total. The van der Waals surface area contributed by atoms with Crippen LogP contribution in [0, 0.1) is 5.82 Å². The van der Waals surface area contributed by atoms with Crippen LogP contribution in [0.5, 0.6) is 5.75 Å². The highest BCUT2D eigenvalue weighted by Gasteiger charge is 2.30. The van der Waals surface area contributed by atoms with E-state index in [9.17, 15) is 14.6 Å². The van der Waals surface area contributed by atoms with Crippen molar-refractivity contribution in [3.63, 3.8) is 0 Å². The molecule has 0 heterocycles. The third-order valence-electron chi connectivity index (χ3n) is 3.71. The van der Waals surface area contributed by atoms with Crippen LogP contribution in [0.1, 0.15) is 50.7 Å². The molecule has 0 aliphatic heterocycles. The molecular formula is C15H21FO3. The van der Waals surface area contributed by atoms with E-state index in [1.54, 1.807) is 6.92 Å². The van der Waals surface area contributed by atoms with E-state index in [1.807, 2.05) is 0 Å². The zero-order valence-corrected chi connectivity index (χ0v) is 11.2. The lowest BCUT2D eigenvalue weighted by atomic mass is 9.85. The summed E-state index contributed by atoms with van der Waals surface area (Å²) in [7, 11) is 0. The summed E-state index contributed by atoms with van der Waals surface area (Å²) in [5.74, 6) is -0.0935. The van der Waals surface area contributed by atoms with Crippen molar-refractivity contribution in [3.8, 4) is 5.75 Å². The van der Waals surface area contributed by atoms with E-state index in [4.69, 9.17) is 4.74 Å². The summed E-state index contributed by atoms with van der Waals surface area (Å²) >= 11 is 0. The average Bonchev–Trinajstić information content (AvgIpc) is 2.37. The minimum atomic E-state index is -0.819. The first-order valence-corrected chi connectivity index (χ1v) is 6.83. The van der Waals surface area contributed by atoms with Crippen LogP contribution >= 0.6 is 0 Å². The van der Waals surface area contributed by atoms with Crippen LogP contribution < -0.4 is 4.74 Å². The first kappa shape index (κ1) is 14.3. The molecular weight excluding hydrogens is 247 g/mol. The Morgan fingerprint density at radius 3 is 2.63 bits per heavy atom. The molecule has 0 amide bonds. The van der Waals surface area contributed by atoms with Gasteiger partial charge in [-0.3, -0.25) is 0 Å². The molecule has 0 saturated heterocycles. The lowest BCUT2D eigenvalue weighted by molar-refractivity contribution is -0.0346. The summed E-state index contributed by atoms with van der Waals surface area (Å²) in [5.41, 5.74) is -0.277. The van der Waals surface area contributed by atoms with Gasteiger partial charge in [0, 0.05) is 11.6 Å². The highest BCUT2D eigenvalue weighted by Crippen LogP contribution is 2.31. The number of halogens is 1. The topological polar surface area (TPSA) is 49.7 Å². The molecule has 19 heavy (non-hydrogen) atoms. The Balaban J connectivity index is 2.07. The Morgan fingerprint density at radius 2 is 2.00 bits per heavy atom. The van der Waals surface area contributed by atoms with Crippen molar-refractivity contribution in [1.29, 1.82) is 0 Å². The fraction of sp³-hybridized carbons (Fsp3) is 0.600. The molecule has 1 aliphatic rings. The molecule has 2 rings (SSSR count). The highest BCUT2D eigenvalue weighted by molar-refractivity contribution is 5.35. The molecule has 1 aliphatic carbocycles. The second kappa shape index (κ2) is 5.88. The van der Waals surface area contributed by atoms with Gasteiger partial charge in [0.05, 0.1) is 11.7 Å². The van der Waals surface area contributed by atoms with Crippen LogP contribution in [-0.4, -0.2) is 22.4 Å². The van der Waals surface area contributed by atoms with E-state index in [0.29, 0.717) is 24.2 Å². The van der Waals surface area contributed by atoms with E-state index in [-0.39, 0.29) is 6.61 Å². The van der Waals surface area contributed by atoms with Gasteiger partial charge in [0.15, 0.2) is 0 Å². The molecule has 0 bridgehead atoms. The maximum absolute atomic E-state index is 13.2. The fourth-order valence-electron chi connectivity index (χ4n) is 2.54. The maximum Gasteiger partial charge on any atom is 0.128 e. The molecule has 0 unspecified atom stereocenters. The van der Waals surface area contributed by atoms with Crippen molar-refractivity contribution in [2.45, 2.75) is 50.7 Å². The van der Waals surface area contributed by atoms with Crippen molar-refractivity contribution in [2.24, 2.45) is 0 Å². The minimum Gasteiger partial charge on any atom is -0.490 e. The highest BCUT2D eigenvalue weighted by atomic mass is 19.1. The summed E-state index contributed by atoms with van der Waals surface area (Å²) in [5, 5.41) is 20.0. The monoisotopic (exact) mass is 268 g/mol. The molecule has 1 aromatic rings. The number of benzene rings is 1.